The van der Waals surface area contributed by atoms with Crippen LogP contribution in [0.2, 0.25) is 0 Å². The van der Waals surface area contributed by atoms with Crippen molar-refractivity contribution >= 4 is 11.9 Å². The Hall–Kier alpha value is -2.24. The van der Waals surface area contributed by atoms with Gasteiger partial charge in [-0.2, -0.15) is 0 Å². The molecule has 0 saturated heterocycles. The predicted octanol–water partition coefficient (Wildman–Crippen LogP) is 2.86. The number of para-hydroxylation sites is 1. The van der Waals surface area contributed by atoms with Crippen LogP contribution in [0.1, 0.15) is 57.1 Å². The number of nitrogens with one attached hydrogen (secondary N) is 2. The molecule has 2 N–H and O–H groups in total. The van der Waals surface area contributed by atoms with Crippen molar-refractivity contribution in [2.75, 3.05) is 27.2 Å². The van der Waals surface area contributed by atoms with Gasteiger partial charge in [0.2, 0.25) is 5.91 Å². The van der Waals surface area contributed by atoms with Crippen molar-refractivity contribution in [1.82, 2.24) is 15.5 Å². The first kappa shape index (κ1) is 19.5. The third-order valence-electron chi connectivity index (χ3n) is 5.46. The maximum atomic E-state index is 11.8. The van der Waals surface area contributed by atoms with Crippen LogP contribution in [-0.2, 0) is 4.79 Å². The lowest BCUT2D eigenvalue weighted by molar-refractivity contribution is -0.128. The SMILES string of the molecule is CCNC(=NCCC(=O)N(C)C)NC1CC2(CCCC2)Oc2ccccc21. The number of guanidine groups is 1. The van der Waals surface area contributed by atoms with E-state index in [1.807, 2.05) is 6.07 Å². The van der Waals surface area contributed by atoms with Crippen LogP contribution < -0.4 is 15.4 Å². The van der Waals surface area contributed by atoms with Gasteiger partial charge in [0, 0.05) is 39.0 Å². The molecule has 1 amide bonds. The Labute approximate surface area is 162 Å². The summed E-state index contributed by atoms with van der Waals surface area (Å²) in [5, 5.41) is 6.92. The van der Waals surface area contributed by atoms with Gasteiger partial charge in [0.1, 0.15) is 11.4 Å². The molecule has 1 aromatic rings. The molecule has 1 aliphatic heterocycles. The van der Waals surface area contributed by atoms with Crippen molar-refractivity contribution in [3.05, 3.63) is 29.8 Å². The van der Waals surface area contributed by atoms with Crippen LogP contribution in [0.25, 0.3) is 0 Å². The van der Waals surface area contributed by atoms with Gasteiger partial charge in [0.05, 0.1) is 12.6 Å². The Bertz CT molecular complexity index is 681. The van der Waals surface area contributed by atoms with Crippen LogP contribution in [0.15, 0.2) is 29.3 Å². The Balaban J connectivity index is 1.75. The van der Waals surface area contributed by atoms with E-state index < -0.39 is 0 Å². The Morgan fingerprint density at radius 3 is 2.74 bits per heavy atom. The average Bonchev–Trinajstić information content (AvgIpc) is 3.09. The summed E-state index contributed by atoms with van der Waals surface area (Å²) >= 11 is 0. The van der Waals surface area contributed by atoms with E-state index in [9.17, 15) is 4.79 Å². The molecular weight excluding hydrogens is 340 g/mol. The van der Waals surface area contributed by atoms with Crippen LogP contribution >= 0.6 is 0 Å². The zero-order chi connectivity index (χ0) is 19.3. The molecule has 1 atom stereocenters. The summed E-state index contributed by atoms with van der Waals surface area (Å²) in [4.78, 5) is 18.0. The molecule has 27 heavy (non-hydrogen) atoms. The van der Waals surface area contributed by atoms with E-state index in [0.29, 0.717) is 13.0 Å². The van der Waals surface area contributed by atoms with Crippen LogP contribution in [0.4, 0.5) is 0 Å². The molecule has 2 aliphatic rings. The summed E-state index contributed by atoms with van der Waals surface area (Å²) < 4.78 is 6.44. The largest absolute Gasteiger partial charge is 0.487 e. The number of amides is 1. The predicted molar refractivity (Wildman–Crippen MR) is 108 cm³/mol. The second-order valence-electron chi connectivity index (χ2n) is 7.73. The van der Waals surface area contributed by atoms with Crippen LogP contribution in [0.3, 0.4) is 0 Å². The minimum Gasteiger partial charge on any atom is -0.487 e. The Morgan fingerprint density at radius 2 is 2.04 bits per heavy atom. The van der Waals surface area contributed by atoms with E-state index in [4.69, 9.17) is 4.74 Å². The highest BCUT2D eigenvalue weighted by Gasteiger charge is 2.43. The minimum absolute atomic E-state index is 0.0514. The molecule has 0 radical (unpaired) electrons. The van der Waals surface area contributed by atoms with Gasteiger partial charge >= 0.3 is 0 Å². The monoisotopic (exact) mass is 372 g/mol. The molecule has 3 rings (SSSR count). The zero-order valence-electron chi connectivity index (χ0n) is 16.8. The van der Waals surface area contributed by atoms with Crippen molar-refractivity contribution in [2.24, 2.45) is 4.99 Å². The third kappa shape index (κ3) is 4.73. The van der Waals surface area contributed by atoms with E-state index in [2.05, 4.69) is 40.7 Å². The highest BCUT2D eigenvalue weighted by molar-refractivity contribution is 5.81. The fourth-order valence-corrected chi connectivity index (χ4v) is 4.04. The third-order valence-corrected chi connectivity index (χ3v) is 5.46. The fraction of sp³-hybridized carbons (Fsp3) is 0.619. The van der Waals surface area contributed by atoms with Crippen molar-refractivity contribution in [3.8, 4) is 5.75 Å². The van der Waals surface area contributed by atoms with Gasteiger partial charge in [-0.05, 0) is 38.7 Å². The van der Waals surface area contributed by atoms with E-state index in [1.165, 1.54) is 18.4 Å². The summed E-state index contributed by atoms with van der Waals surface area (Å²) in [6.07, 6.45) is 6.06. The van der Waals surface area contributed by atoms with Crippen molar-refractivity contribution < 1.29 is 9.53 Å². The fourth-order valence-electron chi connectivity index (χ4n) is 4.04. The molecule has 6 nitrogen and oxygen atoms in total. The molecule has 1 fully saturated rings. The maximum absolute atomic E-state index is 11.8. The average molecular weight is 373 g/mol. The number of aliphatic imine (C=N–C) groups is 1. The summed E-state index contributed by atoms with van der Waals surface area (Å²) in [5.74, 6) is 1.84. The van der Waals surface area contributed by atoms with Crippen LogP contribution in [0, 0.1) is 0 Å². The minimum atomic E-state index is -0.0514. The first-order valence-electron chi connectivity index (χ1n) is 10.1. The van der Waals surface area contributed by atoms with Gasteiger partial charge < -0.3 is 20.3 Å². The van der Waals surface area contributed by atoms with E-state index in [-0.39, 0.29) is 17.6 Å². The second kappa shape index (κ2) is 8.63. The standard InChI is InChI=1S/C21H32N4O2/c1-4-22-20(23-14-11-19(26)25(2)3)24-17-15-21(12-7-8-13-21)27-18-10-6-5-9-16(17)18/h5-6,9-10,17H,4,7-8,11-15H2,1-3H3,(H2,22,23,24). The number of ether oxygens (including phenoxy) is 1. The molecule has 1 spiro atoms. The van der Waals surface area contributed by atoms with Gasteiger partial charge in [-0.3, -0.25) is 9.79 Å². The first-order valence-corrected chi connectivity index (χ1v) is 10.1. The summed E-state index contributed by atoms with van der Waals surface area (Å²) in [6.45, 7) is 3.31. The smallest absolute Gasteiger partial charge is 0.223 e. The van der Waals surface area contributed by atoms with E-state index >= 15 is 0 Å². The van der Waals surface area contributed by atoms with Crippen molar-refractivity contribution in [2.45, 2.75) is 57.1 Å². The summed E-state index contributed by atoms with van der Waals surface area (Å²) in [7, 11) is 3.55. The topological polar surface area (TPSA) is 66.0 Å². The van der Waals surface area contributed by atoms with Gasteiger partial charge in [-0.25, -0.2) is 0 Å². The highest BCUT2D eigenvalue weighted by atomic mass is 16.5. The molecule has 1 aliphatic carbocycles. The van der Waals surface area contributed by atoms with Gasteiger partial charge in [0.15, 0.2) is 5.96 Å². The lowest BCUT2D eigenvalue weighted by atomic mass is 9.86. The first-order chi connectivity index (χ1) is 13.0. The second-order valence-corrected chi connectivity index (χ2v) is 7.73. The molecular formula is C21H32N4O2. The Morgan fingerprint density at radius 1 is 1.30 bits per heavy atom. The number of carbonyl (C=O) groups is 1. The highest BCUT2D eigenvalue weighted by Crippen LogP contribution is 2.46. The normalized spacial score (nSPS) is 20.7. The molecule has 0 bridgehead atoms. The summed E-state index contributed by atoms with van der Waals surface area (Å²) in [6, 6.07) is 8.46. The quantitative estimate of drug-likeness (QED) is 0.616. The van der Waals surface area contributed by atoms with Gasteiger partial charge in [-0.1, -0.05) is 18.2 Å². The van der Waals surface area contributed by atoms with Gasteiger partial charge in [-0.15, -0.1) is 0 Å². The molecule has 1 saturated carbocycles. The number of hydrogen-bond donors (Lipinski definition) is 2. The number of hydrogen-bond acceptors (Lipinski definition) is 3. The number of carbonyl (C=O) groups excluding carboxylic acids is 1. The molecule has 1 aromatic carbocycles. The number of nitrogens with zero attached hydrogens (tertiary/aromatic N) is 2. The number of fused-ring (bicyclic) bond motifs is 1. The zero-order valence-corrected chi connectivity index (χ0v) is 16.8. The van der Waals surface area contributed by atoms with Crippen molar-refractivity contribution in [3.63, 3.8) is 0 Å². The van der Waals surface area contributed by atoms with Crippen LogP contribution in [-0.4, -0.2) is 49.6 Å². The van der Waals surface area contributed by atoms with Crippen molar-refractivity contribution in [1.29, 1.82) is 0 Å². The molecule has 1 unspecified atom stereocenters. The van der Waals surface area contributed by atoms with Gasteiger partial charge in [0.25, 0.3) is 0 Å². The van der Waals surface area contributed by atoms with E-state index in [1.54, 1.807) is 19.0 Å². The Kier molecular flexibility index (Phi) is 6.24. The maximum Gasteiger partial charge on any atom is 0.223 e. The number of benzene rings is 1. The van der Waals surface area contributed by atoms with E-state index in [0.717, 1.165) is 37.5 Å². The number of rotatable bonds is 5. The summed E-state index contributed by atoms with van der Waals surface area (Å²) in [5.41, 5.74) is 1.13. The molecule has 148 valence electrons. The lowest BCUT2D eigenvalue weighted by Gasteiger charge is -2.40. The molecule has 6 heteroatoms. The lowest BCUT2D eigenvalue weighted by Crippen LogP contribution is -2.46. The molecule has 0 aromatic heterocycles. The molecule has 1 heterocycles. The van der Waals surface area contributed by atoms with Crippen LogP contribution in [0.5, 0.6) is 5.75 Å².